The molecule has 0 aliphatic heterocycles. The maximum Gasteiger partial charge on any atom is 0.120 e. The van der Waals surface area contributed by atoms with Gasteiger partial charge in [0.1, 0.15) is 12.0 Å². The molecule has 1 N–H and O–H groups in total. The molecule has 0 spiro atoms. The molecule has 13 heavy (non-hydrogen) atoms. The number of phenols is 1. The molecule has 70 valence electrons. The number of benzene rings is 1. The van der Waals surface area contributed by atoms with Crippen molar-refractivity contribution in [2.45, 2.75) is 26.2 Å². The van der Waals surface area contributed by atoms with E-state index in [0.717, 1.165) is 30.3 Å². The summed E-state index contributed by atoms with van der Waals surface area (Å²) in [7, 11) is 0. The second-order valence-corrected chi connectivity index (χ2v) is 3.19. The van der Waals surface area contributed by atoms with Crippen LogP contribution < -0.4 is 0 Å². The summed E-state index contributed by atoms with van der Waals surface area (Å²) in [6, 6.07) is 5.53. The van der Waals surface area contributed by atoms with Crippen molar-refractivity contribution in [2.75, 3.05) is 0 Å². The van der Waals surface area contributed by atoms with Crippen LogP contribution in [0.15, 0.2) is 18.2 Å². The maximum atomic E-state index is 10.1. The van der Waals surface area contributed by atoms with Crippen molar-refractivity contribution in [1.29, 1.82) is 0 Å². The molecule has 1 aromatic rings. The molecular formula is C11H14O2. The first-order chi connectivity index (χ1) is 6.24. The van der Waals surface area contributed by atoms with E-state index in [1.54, 1.807) is 6.07 Å². The van der Waals surface area contributed by atoms with Gasteiger partial charge in [-0.2, -0.15) is 0 Å². The lowest BCUT2D eigenvalue weighted by atomic mass is 10.1. The van der Waals surface area contributed by atoms with Gasteiger partial charge in [0.05, 0.1) is 0 Å². The minimum absolute atomic E-state index is 0.330. The highest BCUT2D eigenvalue weighted by molar-refractivity contribution is 5.49. The van der Waals surface area contributed by atoms with E-state index in [0.29, 0.717) is 12.2 Å². The number of aromatic hydroxyl groups is 1. The predicted octanol–water partition coefficient (Wildman–Crippen LogP) is 2.22. The molecule has 0 atom stereocenters. The van der Waals surface area contributed by atoms with Crippen LogP contribution in [0.5, 0.6) is 5.75 Å². The van der Waals surface area contributed by atoms with Crippen LogP contribution in [0.4, 0.5) is 0 Å². The van der Waals surface area contributed by atoms with E-state index < -0.39 is 0 Å². The van der Waals surface area contributed by atoms with Crippen molar-refractivity contribution in [1.82, 2.24) is 0 Å². The van der Waals surface area contributed by atoms with Gasteiger partial charge in [0.15, 0.2) is 0 Å². The summed E-state index contributed by atoms with van der Waals surface area (Å²) in [4.78, 5) is 10.1. The van der Waals surface area contributed by atoms with E-state index >= 15 is 0 Å². The zero-order valence-electron chi connectivity index (χ0n) is 7.79. The number of carbonyl (C=O) groups is 1. The normalized spacial score (nSPS) is 9.92. The first-order valence-electron chi connectivity index (χ1n) is 4.46. The molecule has 0 saturated carbocycles. The van der Waals surface area contributed by atoms with Gasteiger partial charge in [-0.25, -0.2) is 0 Å². The molecular weight excluding hydrogens is 164 g/mol. The largest absolute Gasteiger partial charge is 0.508 e. The summed E-state index contributed by atoms with van der Waals surface area (Å²) in [6.07, 6.45) is 3.05. The molecule has 2 heteroatoms. The monoisotopic (exact) mass is 178 g/mol. The van der Waals surface area contributed by atoms with E-state index in [-0.39, 0.29) is 0 Å². The van der Waals surface area contributed by atoms with Crippen molar-refractivity contribution >= 4 is 6.29 Å². The van der Waals surface area contributed by atoms with E-state index in [4.69, 9.17) is 0 Å². The minimum atomic E-state index is 0.330. The van der Waals surface area contributed by atoms with Gasteiger partial charge < -0.3 is 9.90 Å². The smallest absolute Gasteiger partial charge is 0.120 e. The first kappa shape index (κ1) is 9.78. The van der Waals surface area contributed by atoms with E-state index in [2.05, 4.69) is 0 Å². The van der Waals surface area contributed by atoms with Crippen LogP contribution in [0.3, 0.4) is 0 Å². The Bertz CT molecular complexity index is 292. The highest BCUT2D eigenvalue weighted by atomic mass is 16.3. The highest BCUT2D eigenvalue weighted by Crippen LogP contribution is 2.19. The Kier molecular flexibility index (Phi) is 3.50. The number of hydrogen-bond donors (Lipinski definition) is 1. The van der Waals surface area contributed by atoms with Crippen LogP contribution in [0.1, 0.15) is 24.0 Å². The van der Waals surface area contributed by atoms with Crippen LogP contribution >= 0.6 is 0 Å². The quantitative estimate of drug-likeness (QED) is 0.567. The van der Waals surface area contributed by atoms with E-state index in [9.17, 15) is 9.90 Å². The molecule has 0 aliphatic carbocycles. The van der Waals surface area contributed by atoms with Gasteiger partial charge in [-0.15, -0.1) is 0 Å². The molecule has 1 aromatic carbocycles. The topological polar surface area (TPSA) is 37.3 Å². The van der Waals surface area contributed by atoms with Gasteiger partial charge in [0, 0.05) is 6.42 Å². The molecule has 0 unspecified atom stereocenters. The third kappa shape index (κ3) is 2.90. The summed E-state index contributed by atoms with van der Waals surface area (Å²) >= 11 is 0. The van der Waals surface area contributed by atoms with Crippen molar-refractivity contribution in [2.24, 2.45) is 0 Å². The van der Waals surface area contributed by atoms with Crippen molar-refractivity contribution in [3.63, 3.8) is 0 Å². The molecule has 0 aliphatic rings. The molecule has 0 saturated heterocycles. The molecule has 1 rings (SSSR count). The number of phenolic OH excluding ortho intramolecular Hbond substituents is 1. The van der Waals surface area contributed by atoms with Crippen molar-refractivity contribution in [3.8, 4) is 5.75 Å². The molecule has 0 heterocycles. The Morgan fingerprint density at radius 2 is 2.23 bits per heavy atom. The van der Waals surface area contributed by atoms with Gasteiger partial charge in [0.2, 0.25) is 0 Å². The maximum absolute atomic E-state index is 10.1. The second-order valence-electron chi connectivity index (χ2n) is 3.19. The Morgan fingerprint density at radius 3 is 2.92 bits per heavy atom. The van der Waals surface area contributed by atoms with Crippen LogP contribution in [-0.4, -0.2) is 11.4 Å². The number of rotatable bonds is 4. The molecule has 0 radical (unpaired) electrons. The minimum Gasteiger partial charge on any atom is -0.508 e. The summed E-state index contributed by atoms with van der Waals surface area (Å²) in [5, 5.41) is 9.45. The van der Waals surface area contributed by atoms with E-state index in [1.807, 2.05) is 19.1 Å². The van der Waals surface area contributed by atoms with Crippen LogP contribution in [0.2, 0.25) is 0 Å². The van der Waals surface area contributed by atoms with Crippen LogP contribution in [-0.2, 0) is 11.2 Å². The lowest BCUT2D eigenvalue weighted by molar-refractivity contribution is -0.107. The number of aryl methyl sites for hydroxylation is 2. The van der Waals surface area contributed by atoms with Gasteiger partial charge in [0.25, 0.3) is 0 Å². The van der Waals surface area contributed by atoms with Gasteiger partial charge in [-0.05, 0) is 31.4 Å². The van der Waals surface area contributed by atoms with Crippen LogP contribution in [0, 0.1) is 6.92 Å². The summed E-state index contributed by atoms with van der Waals surface area (Å²) < 4.78 is 0. The van der Waals surface area contributed by atoms with Gasteiger partial charge in [-0.3, -0.25) is 0 Å². The van der Waals surface area contributed by atoms with Crippen LogP contribution in [0.25, 0.3) is 0 Å². The van der Waals surface area contributed by atoms with Gasteiger partial charge in [-0.1, -0.05) is 17.7 Å². The number of hydrogen-bond acceptors (Lipinski definition) is 2. The fraction of sp³-hybridized carbons (Fsp3) is 0.364. The van der Waals surface area contributed by atoms with Crippen molar-refractivity contribution in [3.05, 3.63) is 29.3 Å². The summed E-state index contributed by atoms with van der Waals surface area (Å²) in [6.45, 7) is 1.99. The average Bonchev–Trinajstić information content (AvgIpc) is 2.11. The van der Waals surface area contributed by atoms with Gasteiger partial charge >= 0.3 is 0 Å². The lowest BCUT2D eigenvalue weighted by Gasteiger charge is -2.03. The third-order valence-corrected chi connectivity index (χ3v) is 2.00. The Morgan fingerprint density at radius 1 is 1.46 bits per heavy atom. The predicted molar refractivity (Wildman–Crippen MR) is 51.8 cm³/mol. The fourth-order valence-electron chi connectivity index (χ4n) is 1.29. The average molecular weight is 178 g/mol. The Labute approximate surface area is 78.2 Å². The summed E-state index contributed by atoms with van der Waals surface area (Å²) in [5.74, 6) is 0.330. The SMILES string of the molecule is Cc1ccc(O)c(CCCC=O)c1. The molecule has 0 amide bonds. The summed E-state index contributed by atoms with van der Waals surface area (Å²) in [5.41, 5.74) is 2.07. The van der Waals surface area contributed by atoms with E-state index in [1.165, 1.54) is 0 Å². The zero-order chi connectivity index (χ0) is 9.68. The molecule has 0 fully saturated rings. The lowest BCUT2D eigenvalue weighted by Crippen LogP contribution is -1.88. The Hall–Kier alpha value is -1.31. The van der Waals surface area contributed by atoms with Crippen molar-refractivity contribution < 1.29 is 9.90 Å². The number of carbonyl (C=O) groups excluding carboxylic acids is 1. The standard InChI is InChI=1S/C11H14O2/c1-9-5-6-11(13)10(8-9)4-2-3-7-12/h5-8,13H,2-4H2,1H3. The third-order valence-electron chi connectivity index (χ3n) is 2.00. The first-order valence-corrected chi connectivity index (χ1v) is 4.46. The highest BCUT2D eigenvalue weighted by Gasteiger charge is 2.00. The Balaban J connectivity index is 2.64. The number of aldehydes is 1. The molecule has 0 aromatic heterocycles. The second kappa shape index (κ2) is 4.65. The number of unbranched alkanes of at least 4 members (excludes halogenated alkanes) is 1. The molecule has 0 bridgehead atoms. The zero-order valence-corrected chi connectivity index (χ0v) is 7.79. The fourth-order valence-corrected chi connectivity index (χ4v) is 1.29. The molecule has 2 nitrogen and oxygen atoms in total.